The summed E-state index contributed by atoms with van der Waals surface area (Å²) in [6, 6.07) is 5.62. The zero-order chi connectivity index (χ0) is 15.5. The molecule has 1 atom stereocenters. The van der Waals surface area contributed by atoms with Gasteiger partial charge in [0.2, 0.25) is 0 Å². The number of anilines is 1. The first kappa shape index (κ1) is 14.5. The molecule has 1 fully saturated rings. The van der Waals surface area contributed by atoms with E-state index in [4.69, 9.17) is 0 Å². The lowest BCUT2D eigenvalue weighted by Gasteiger charge is -2.23. The highest BCUT2D eigenvalue weighted by Gasteiger charge is 2.24. The number of nitro groups is 1. The van der Waals surface area contributed by atoms with Gasteiger partial charge in [-0.1, -0.05) is 11.3 Å². The van der Waals surface area contributed by atoms with Crippen LogP contribution in [0.25, 0.3) is 0 Å². The number of aromatic nitrogens is 3. The van der Waals surface area contributed by atoms with Crippen LogP contribution in [0.4, 0.5) is 11.4 Å². The van der Waals surface area contributed by atoms with Crippen molar-refractivity contribution in [1.29, 1.82) is 0 Å². The first-order valence-corrected chi connectivity index (χ1v) is 7.51. The van der Waals surface area contributed by atoms with E-state index in [0.717, 1.165) is 43.6 Å². The summed E-state index contributed by atoms with van der Waals surface area (Å²) in [5.74, 6) is 0. The third-order valence-electron chi connectivity index (χ3n) is 4.18. The van der Waals surface area contributed by atoms with Gasteiger partial charge in [-0.15, -0.1) is 5.10 Å². The summed E-state index contributed by atoms with van der Waals surface area (Å²) in [6.07, 6.45) is 6.48. The van der Waals surface area contributed by atoms with E-state index in [1.807, 2.05) is 23.9 Å². The summed E-state index contributed by atoms with van der Waals surface area (Å²) in [6.45, 7) is 3.58. The lowest BCUT2D eigenvalue weighted by Crippen LogP contribution is -2.25. The quantitative estimate of drug-likeness (QED) is 0.643. The topological polar surface area (TPSA) is 77.1 Å². The monoisotopic (exact) mass is 301 g/mol. The molecule has 0 radical (unpaired) electrons. The molecule has 22 heavy (non-hydrogen) atoms. The van der Waals surface area contributed by atoms with Gasteiger partial charge in [0.1, 0.15) is 5.69 Å². The van der Waals surface area contributed by atoms with Crippen LogP contribution in [0.5, 0.6) is 0 Å². The van der Waals surface area contributed by atoms with Gasteiger partial charge in [0, 0.05) is 25.4 Å². The Kier molecular flexibility index (Phi) is 4.04. The number of nitro benzene ring substituents is 1. The van der Waals surface area contributed by atoms with Crippen LogP contribution in [0.2, 0.25) is 0 Å². The van der Waals surface area contributed by atoms with Crippen LogP contribution in [0.3, 0.4) is 0 Å². The molecule has 1 unspecified atom stereocenters. The number of rotatable bonds is 3. The van der Waals surface area contributed by atoms with Crippen LogP contribution < -0.4 is 4.90 Å². The molecule has 0 aliphatic carbocycles. The van der Waals surface area contributed by atoms with E-state index in [2.05, 4.69) is 15.2 Å². The molecule has 0 amide bonds. The maximum Gasteiger partial charge on any atom is 0.292 e. The molecular formula is C15H19N5O2. The second kappa shape index (κ2) is 6.13. The smallest absolute Gasteiger partial charge is 0.292 e. The summed E-state index contributed by atoms with van der Waals surface area (Å²) in [4.78, 5) is 13.1. The van der Waals surface area contributed by atoms with Gasteiger partial charge in [-0.25, -0.2) is 4.68 Å². The third kappa shape index (κ3) is 2.93. The van der Waals surface area contributed by atoms with Crippen LogP contribution in [0.15, 0.2) is 30.6 Å². The van der Waals surface area contributed by atoms with Crippen molar-refractivity contribution in [3.63, 3.8) is 0 Å². The predicted octanol–water partition coefficient (Wildman–Crippen LogP) is 2.73. The molecule has 1 saturated heterocycles. The van der Waals surface area contributed by atoms with Crippen LogP contribution in [0, 0.1) is 17.0 Å². The predicted molar refractivity (Wildman–Crippen MR) is 83.0 cm³/mol. The van der Waals surface area contributed by atoms with E-state index in [9.17, 15) is 10.1 Å². The molecule has 1 aliphatic rings. The van der Waals surface area contributed by atoms with Crippen LogP contribution >= 0.6 is 0 Å². The van der Waals surface area contributed by atoms with Crippen molar-refractivity contribution in [2.24, 2.45) is 0 Å². The molecule has 0 N–H and O–H groups in total. The fraction of sp³-hybridized carbons (Fsp3) is 0.467. The minimum atomic E-state index is -0.297. The van der Waals surface area contributed by atoms with E-state index in [0.29, 0.717) is 6.04 Å². The first-order valence-electron chi connectivity index (χ1n) is 7.51. The molecule has 7 nitrogen and oxygen atoms in total. The molecule has 1 aromatic carbocycles. The fourth-order valence-corrected chi connectivity index (χ4v) is 3.04. The minimum absolute atomic E-state index is 0.185. The maximum absolute atomic E-state index is 11.3. The molecule has 2 heterocycles. The second-order valence-corrected chi connectivity index (χ2v) is 5.70. The summed E-state index contributed by atoms with van der Waals surface area (Å²) < 4.78 is 1.90. The van der Waals surface area contributed by atoms with Crippen molar-refractivity contribution in [2.45, 2.75) is 32.2 Å². The van der Waals surface area contributed by atoms with Crippen LogP contribution in [0.1, 0.15) is 30.9 Å². The van der Waals surface area contributed by atoms with Gasteiger partial charge in [0.05, 0.1) is 17.2 Å². The van der Waals surface area contributed by atoms with Crippen molar-refractivity contribution in [2.75, 3.05) is 18.0 Å². The Morgan fingerprint density at radius 1 is 1.32 bits per heavy atom. The van der Waals surface area contributed by atoms with Crippen molar-refractivity contribution >= 4 is 11.4 Å². The molecular weight excluding hydrogens is 282 g/mol. The van der Waals surface area contributed by atoms with Crippen LogP contribution in [-0.2, 0) is 0 Å². The lowest BCUT2D eigenvalue weighted by atomic mass is 10.1. The van der Waals surface area contributed by atoms with Gasteiger partial charge in [0.25, 0.3) is 5.69 Å². The van der Waals surface area contributed by atoms with E-state index in [1.54, 1.807) is 18.3 Å². The average Bonchev–Trinajstić information content (AvgIpc) is 2.91. The fourth-order valence-electron chi connectivity index (χ4n) is 3.04. The highest BCUT2D eigenvalue weighted by Crippen LogP contribution is 2.32. The SMILES string of the molecule is Cc1ccc([N+](=O)[O-])c(N2CCCC(n3ccnn3)CC2)c1. The zero-order valence-corrected chi connectivity index (χ0v) is 12.6. The molecule has 1 aliphatic heterocycles. The van der Waals surface area contributed by atoms with Gasteiger partial charge in [-0.2, -0.15) is 0 Å². The minimum Gasteiger partial charge on any atom is -0.366 e. The van der Waals surface area contributed by atoms with Crippen LogP contribution in [-0.4, -0.2) is 33.0 Å². The summed E-state index contributed by atoms with van der Waals surface area (Å²) in [5.41, 5.74) is 1.95. The van der Waals surface area contributed by atoms with Gasteiger partial charge >= 0.3 is 0 Å². The number of nitrogens with zero attached hydrogens (tertiary/aromatic N) is 5. The van der Waals surface area contributed by atoms with Gasteiger partial charge in [-0.3, -0.25) is 10.1 Å². The standard InChI is InChI=1S/C15H19N5O2/c1-12-4-5-14(20(21)22)15(11-12)18-8-2-3-13(6-9-18)19-10-7-16-17-19/h4-5,7,10-11,13H,2-3,6,8-9H2,1H3. The van der Waals surface area contributed by atoms with Gasteiger partial charge in [-0.05, 0) is 37.8 Å². The number of benzene rings is 1. The molecule has 7 heteroatoms. The van der Waals surface area contributed by atoms with E-state index < -0.39 is 0 Å². The Morgan fingerprint density at radius 3 is 2.91 bits per heavy atom. The number of hydrogen-bond acceptors (Lipinski definition) is 5. The molecule has 0 bridgehead atoms. The summed E-state index contributed by atoms with van der Waals surface area (Å²) in [5, 5.41) is 19.2. The first-order chi connectivity index (χ1) is 10.6. The van der Waals surface area contributed by atoms with E-state index in [-0.39, 0.29) is 10.6 Å². The molecule has 0 spiro atoms. The summed E-state index contributed by atoms with van der Waals surface area (Å²) >= 11 is 0. The zero-order valence-electron chi connectivity index (χ0n) is 12.6. The number of hydrogen-bond donors (Lipinski definition) is 0. The third-order valence-corrected chi connectivity index (χ3v) is 4.18. The molecule has 2 aromatic rings. The second-order valence-electron chi connectivity index (χ2n) is 5.70. The molecule has 116 valence electrons. The Bertz CT molecular complexity index is 656. The Hall–Kier alpha value is -2.44. The Morgan fingerprint density at radius 2 is 2.18 bits per heavy atom. The summed E-state index contributed by atoms with van der Waals surface area (Å²) in [7, 11) is 0. The van der Waals surface area contributed by atoms with Gasteiger partial charge in [0.15, 0.2) is 0 Å². The van der Waals surface area contributed by atoms with E-state index >= 15 is 0 Å². The van der Waals surface area contributed by atoms with E-state index in [1.165, 1.54) is 0 Å². The van der Waals surface area contributed by atoms with Crippen molar-refractivity contribution < 1.29 is 4.92 Å². The van der Waals surface area contributed by atoms with Crippen molar-refractivity contribution in [3.05, 3.63) is 46.3 Å². The van der Waals surface area contributed by atoms with Crippen molar-refractivity contribution in [1.82, 2.24) is 15.0 Å². The van der Waals surface area contributed by atoms with Crippen molar-refractivity contribution in [3.8, 4) is 0 Å². The molecule has 1 aromatic heterocycles. The van der Waals surface area contributed by atoms with Gasteiger partial charge < -0.3 is 4.90 Å². The Labute approximate surface area is 128 Å². The highest BCUT2D eigenvalue weighted by atomic mass is 16.6. The largest absolute Gasteiger partial charge is 0.366 e. The normalized spacial score (nSPS) is 19.0. The maximum atomic E-state index is 11.3. The number of aryl methyl sites for hydroxylation is 1. The average molecular weight is 301 g/mol. The molecule has 3 rings (SSSR count). The lowest BCUT2D eigenvalue weighted by molar-refractivity contribution is -0.384. The molecule has 0 saturated carbocycles. The highest BCUT2D eigenvalue weighted by molar-refractivity contribution is 5.64. The Balaban J connectivity index is 1.81.